The third kappa shape index (κ3) is 2.48. The Hall–Kier alpha value is -1.20. The van der Waals surface area contributed by atoms with E-state index in [0.717, 1.165) is 18.8 Å². The number of hydrogen-bond donors (Lipinski definition) is 1. The van der Waals surface area contributed by atoms with Crippen molar-refractivity contribution in [2.75, 3.05) is 6.54 Å². The van der Waals surface area contributed by atoms with Crippen molar-refractivity contribution in [2.45, 2.75) is 19.4 Å². The van der Waals surface area contributed by atoms with Crippen LogP contribution < -0.4 is 5.32 Å². The molecule has 0 spiro atoms. The SMILES string of the molecule is CCNC(Cc1ncnn1C)c1cccs1. The number of thiophene rings is 1. The lowest BCUT2D eigenvalue weighted by atomic mass is 10.1. The van der Waals surface area contributed by atoms with Crippen molar-refractivity contribution in [1.82, 2.24) is 20.1 Å². The number of nitrogens with zero attached hydrogens (tertiary/aromatic N) is 3. The van der Waals surface area contributed by atoms with Crippen LogP contribution in [-0.2, 0) is 13.5 Å². The summed E-state index contributed by atoms with van der Waals surface area (Å²) in [5, 5.41) is 9.68. The van der Waals surface area contributed by atoms with Crippen LogP contribution >= 0.6 is 11.3 Å². The van der Waals surface area contributed by atoms with Crippen LogP contribution in [0.15, 0.2) is 23.8 Å². The number of aryl methyl sites for hydroxylation is 1. The molecule has 0 fully saturated rings. The van der Waals surface area contributed by atoms with Gasteiger partial charge >= 0.3 is 0 Å². The Morgan fingerprint density at radius 1 is 1.56 bits per heavy atom. The van der Waals surface area contributed by atoms with Crippen LogP contribution in [0.25, 0.3) is 0 Å². The zero-order chi connectivity index (χ0) is 11.4. The molecule has 2 heterocycles. The van der Waals surface area contributed by atoms with Crippen LogP contribution in [0.4, 0.5) is 0 Å². The highest BCUT2D eigenvalue weighted by atomic mass is 32.1. The summed E-state index contributed by atoms with van der Waals surface area (Å²) in [6, 6.07) is 4.59. The number of nitrogens with one attached hydrogen (secondary N) is 1. The molecule has 0 radical (unpaired) electrons. The molecule has 0 aromatic carbocycles. The van der Waals surface area contributed by atoms with E-state index in [0.29, 0.717) is 6.04 Å². The fraction of sp³-hybridized carbons (Fsp3) is 0.455. The summed E-state index contributed by atoms with van der Waals surface area (Å²) in [6.07, 6.45) is 2.48. The van der Waals surface area contributed by atoms with Gasteiger partial charge in [-0.15, -0.1) is 11.3 Å². The number of likely N-dealkylation sites (N-methyl/N-ethyl adjacent to an activating group) is 1. The first-order chi connectivity index (χ1) is 7.81. The zero-order valence-corrected chi connectivity index (χ0v) is 10.4. The van der Waals surface area contributed by atoms with E-state index < -0.39 is 0 Å². The highest BCUT2D eigenvalue weighted by molar-refractivity contribution is 7.10. The Kier molecular flexibility index (Phi) is 3.69. The molecule has 0 saturated heterocycles. The Balaban J connectivity index is 2.12. The summed E-state index contributed by atoms with van der Waals surface area (Å²) in [5.74, 6) is 1.01. The van der Waals surface area contributed by atoms with Crippen molar-refractivity contribution in [3.63, 3.8) is 0 Å². The van der Waals surface area contributed by atoms with Crippen LogP contribution in [-0.4, -0.2) is 21.3 Å². The molecule has 0 bridgehead atoms. The number of rotatable bonds is 5. The average molecular weight is 236 g/mol. The second-order valence-corrected chi connectivity index (χ2v) is 4.61. The Morgan fingerprint density at radius 3 is 3.00 bits per heavy atom. The van der Waals surface area contributed by atoms with E-state index in [1.165, 1.54) is 4.88 Å². The quantitative estimate of drug-likeness (QED) is 0.860. The number of aromatic nitrogens is 3. The third-order valence-electron chi connectivity index (χ3n) is 2.53. The monoisotopic (exact) mass is 236 g/mol. The van der Waals surface area contributed by atoms with Gasteiger partial charge in [0.05, 0.1) is 0 Å². The lowest BCUT2D eigenvalue weighted by Crippen LogP contribution is -2.23. The van der Waals surface area contributed by atoms with Gasteiger partial charge in [0.2, 0.25) is 0 Å². The molecule has 4 nitrogen and oxygen atoms in total. The Bertz CT molecular complexity index is 421. The molecule has 1 unspecified atom stereocenters. The van der Waals surface area contributed by atoms with Gasteiger partial charge in [-0.25, -0.2) is 4.98 Å². The van der Waals surface area contributed by atoms with Crippen LogP contribution in [0, 0.1) is 0 Å². The first-order valence-corrected chi connectivity index (χ1v) is 6.29. The van der Waals surface area contributed by atoms with Crippen LogP contribution in [0.3, 0.4) is 0 Å². The van der Waals surface area contributed by atoms with Crippen LogP contribution in [0.2, 0.25) is 0 Å². The molecular formula is C11H16N4S. The molecule has 0 saturated carbocycles. The highest BCUT2D eigenvalue weighted by Gasteiger charge is 2.14. The molecule has 0 amide bonds. The molecular weight excluding hydrogens is 220 g/mol. The predicted molar refractivity (Wildman–Crippen MR) is 65.4 cm³/mol. The highest BCUT2D eigenvalue weighted by Crippen LogP contribution is 2.21. The molecule has 2 aromatic heterocycles. The fourth-order valence-electron chi connectivity index (χ4n) is 1.70. The minimum Gasteiger partial charge on any atom is -0.309 e. The second kappa shape index (κ2) is 5.23. The Labute approximate surface area is 99.3 Å². The van der Waals surface area contributed by atoms with Gasteiger partial charge in [-0.2, -0.15) is 5.10 Å². The summed E-state index contributed by atoms with van der Waals surface area (Å²) in [4.78, 5) is 5.62. The lowest BCUT2D eigenvalue weighted by molar-refractivity contribution is 0.529. The molecule has 0 aliphatic rings. The molecule has 2 aromatic rings. The zero-order valence-electron chi connectivity index (χ0n) is 9.55. The molecule has 1 atom stereocenters. The summed E-state index contributed by atoms with van der Waals surface area (Å²) in [6.45, 7) is 3.08. The Morgan fingerprint density at radius 2 is 2.44 bits per heavy atom. The van der Waals surface area contributed by atoms with Gasteiger partial charge in [-0.1, -0.05) is 13.0 Å². The maximum Gasteiger partial charge on any atom is 0.138 e. The van der Waals surface area contributed by atoms with Crippen molar-refractivity contribution in [3.8, 4) is 0 Å². The van der Waals surface area contributed by atoms with Gasteiger partial charge < -0.3 is 5.32 Å². The van der Waals surface area contributed by atoms with Gasteiger partial charge in [0.25, 0.3) is 0 Å². The van der Waals surface area contributed by atoms with Gasteiger partial charge in [0.1, 0.15) is 12.2 Å². The summed E-state index contributed by atoms with van der Waals surface area (Å²) in [7, 11) is 1.93. The van der Waals surface area contributed by atoms with E-state index in [1.54, 1.807) is 17.7 Å². The molecule has 5 heteroatoms. The first-order valence-electron chi connectivity index (χ1n) is 5.41. The molecule has 2 rings (SSSR count). The third-order valence-corrected chi connectivity index (χ3v) is 3.51. The van der Waals surface area contributed by atoms with E-state index >= 15 is 0 Å². The maximum absolute atomic E-state index is 4.26. The first kappa shape index (κ1) is 11.3. The number of hydrogen-bond acceptors (Lipinski definition) is 4. The van der Waals surface area contributed by atoms with E-state index in [9.17, 15) is 0 Å². The molecule has 16 heavy (non-hydrogen) atoms. The minimum absolute atomic E-state index is 0.341. The fourth-order valence-corrected chi connectivity index (χ4v) is 2.50. The summed E-state index contributed by atoms with van der Waals surface area (Å²) < 4.78 is 1.83. The van der Waals surface area contributed by atoms with Crippen molar-refractivity contribution in [1.29, 1.82) is 0 Å². The van der Waals surface area contributed by atoms with Gasteiger partial charge in [0, 0.05) is 24.4 Å². The smallest absolute Gasteiger partial charge is 0.138 e. The molecule has 86 valence electrons. The second-order valence-electron chi connectivity index (χ2n) is 3.63. The van der Waals surface area contributed by atoms with Crippen LogP contribution in [0.1, 0.15) is 23.7 Å². The average Bonchev–Trinajstić information content (AvgIpc) is 2.90. The molecule has 0 aliphatic carbocycles. The topological polar surface area (TPSA) is 42.7 Å². The standard InChI is InChI=1S/C11H16N4S/c1-3-12-9(10-5-4-6-16-10)7-11-13-8-14-15(11)2/h4-6,8-9,12H,3,7H2,1-2H3. The lowest BCUT2D eigenvalue weighted by Gasteiger charge is -2.15. The van der Waals surface area contributed by atoms with E-state index in [-0.39, 0.29) is 0 Å². The summed E-state index contributed by atoms with van der Waals surface area (Å²) in [5.41, 5.74) is 0. The van der Waals surface area contributed by atoms with Crippen molar-refractivity contribution >= 4 is 11.3 Å². The van der Waals surface area contributed by atoms with Gasteiger partial charge in [-0.05, 0) is 18.0 Å². The van der Waals surface area contributed by atoms with Crippen molar-refractivity contribution in [2.24, 2.45) is 7.05 Å². The van der Waals surface area contributed by atoms with E-state index in [1.807, 2.05) is 11.7 Å². The van der Waals surface area contributed by atoms with Gasteiger partial charge in [0.15, 0.2) is 0 Å². The van der Waals surface area contributed by atoms with Gasteiger partial charge in [-0.3, -0.25) is 4.68 Å². The van der Waals surface area contributed by atoms with Crippen molar-refractivity contribution in [3.05, 3.63) is 34.5 Å². The molecule has 0 aliphatic heterocycles. The predicted octanol–water partition coefficient (Wildman–Crippen LogP) is 1.77. The van der Waals surface area contributed by atoms with E-state index in [4.69, 9.17) is 0 Å². The normalized spacial score (nSPS) is 12.9. The summed E-state index contributed by atoms with van der Waals surface area (Å²) >= 11 is 1.78. The minimum atomic E-state index is 0.341. The maximum atomic E-state index is 4.26. The van der Waals surface area contributed by atoms with Crippen molar-refractivity contribution < 1.29 is 0 Å². The largest absolute Gasteiger partial charge is 0.309 e. The molecule has 1 N–H and O–H groups in total. The van der Waals surface area contributed by atoms with Crippen LogP contribution in [0.5, 0.6) is 0 Å². The van der Waals surface area contributed by atoms with E-state index in [2.05, 4.69) is 39.8 Å².